The van der Waals surface area contributed by atoms with Gasteiger partial charge >= 0.3 is 0 Å². The largest absolute Gasteiger partial charge is 0.389 e. The molecule has 0 aromatic carbocycles. The summed E-state index contributed by atoms with van der Waals surface area (Å²) in [6, 6.07) is 0. The summed E-state index contributed by atoms with van der Waals surface area (Å²) < 4.78 is 15.5. The highest BCUT2D eigenvalue weighted by Gasteiger charge is 2.38. The molecular weight excluding hydrogens is 288 g/mol. The molecule has 0 unspecified atom stereocenters. The van der Waals surface area contributed by atoms with E-state index in [9.17, 15) is 0 Å². The van der Waals surface area contributed by atoms with Gasteiger partial charge in [-0.05, 0) is 31.3 Å². The smallest absolute Gasteiger partial charge is 0.262 e. The Morgan fingerprint density at radius 1 is 1.24 bits per heavy atom. The molecule has 6 nitrogen and oxygen atoms in total. The first-order chi connectivity index (χ1) is 10.2. The molecule has 1 aliphatic rings. The third kappa shape index (κ3) is 2.55. The molecule has 0 spiro atoms. The van der Waals surface area contributed by atoms with Crippen molar-refractivity contribution in [3.8, 4) is 11.5 Å². The van der Waals surface area contributed by atoms with Gasteiger partial charge in [0, 0.05) is 7.11 Å². The molecule has 0 bridgehead atoms. The van der Waals surface area contributed by atoms with Gasteiger partial charge in [-0.25, -0.2) is 0 Å². The van der Waals surface area contributed by atoms with Gasteiger partial charge in [0.25, 0.3) is 5.89 Å². The molecule has 21 heavy (non-hydrogen) atoms. The van der Waals surface area contributed by atoms with E-state index in [1.165, 1.54) is 24.4 Å². The Balaban J connectivity index is 1.96. The maximum Gasteiger partial charge on any atom is 0.262 e. The molecular formula is C14H20N4O2S. The molecule has 0 atom stereocenters. The zero-order valence-electron chi connectivity index (χ0n) is 12.4. The predicted molar refractivity (Wildman–Crippen MR) is 80.9 cm³/mol. The van der Waals surface area contributed by atoms with Crippen LogP contribution in [0.5, 0.6) is 0 Å². The lowest BCUT2D eigenvalue weighted by atomic mass is 9.93. The molecule has 2 N–H and O–H groups in total. The first-order valence-corrected chi connectivity index (χ1v) is 8.05. The quantitative estimate of drug-likeness (QED) is 0.876. The van der Waals surface area contributed by atoms with Gasteiger partial charge in [0.15, 0.2) is 0 Å². The summed E-state index contributed by atoms with van der Waals surface area (Å²) in [6.45, 7) is 1.89. The standard InChI is InChI=1S/C14H20N4O2S/c1-9-10(11(15)21-18-9)12-16-13(17-20-12)14(19-2)7-5-3-4-6-8-14/h3-8,15H2,1-2H3. The van der Waals surface area contributed by atoms with Gasteiger partial charge in [-0.15, -0.1) is 0 Å². The van der Waals surface area contributed by atoms with Gasteiger partial charge in [-0.1, -0.05) is 30.8 Å². The Morgan fingerprint density at radius 2 is 1.95 bits per heavy atom. The number of aryl methyl sites for hydroxylation is 1. The molecule has 1 saturated carbocycles. The van der Waals surface area contributed by atoms with Crippen LogP contribution in [0.25, 0.3) is 11.5 Å². The maximum atomic E-state index is 5.95. The lowest BCUT2D eigenvalue weighted by molar-refractivity contribution is -0.0365. The molecule has 7 heteroatoms. The van der Waals surface area contributed by atoms with Crippen LogP contribution in [0.15, 0.2) is 4.52 Å². The van der Waals surface area contributed by atoms with Crippen molar-refractivity contribution in [3.63, 3.8) is 0 Å². The third-order valence-electron chi connectivity index (χ3n) is 4.24. The minimum absolute atomic E-state index is 0.426. The van der Waals surface area contributed by atoms with Crippen LogP contribution in [0.3, 0.4) is 0 Å². The second-order valence-electron chi connectivity index (χ2n) is 5.54. The van der Waals surface area contributed by atoms with E-state index in [1.54, 1.807) is 7.11 Å². The summed E-state index contributed by atoms with van der Waals surface area (Å²) in [4.78, 5) is 4.57. The van der Waals surface area contributed by atoms with Crippen molar-refractivity contribution >= 4 is 16.5 Å². The number of hydrogen-bond acceptors (Lipinski definition) is 7. The van der Waals surface area contributed by atoms with Gasteiger partial charge < -0.3 is 15.0 Å². The predicted octanol–water partition coefficient (Wildman–Crippen LogP) is 3.28. The fourth-order valence-electron chi connectivity index (χ4n) is 2.98. The van der Waals surface area contributed by atoms with Crippen molar-refractivity contribution in [2.45, 2.75) is 51.0 Å². The SMILES string of the molecule is COC1(c2noc(-c3c(C)nsc3N)n2)CCCCCC1. The molecule has 2 heterocycles. The Hall–Kier alpha value is -1.47. The molecule has 114 valence electrons. The number of hydrogen-bond donors (Lipinski definition) is 1. The van der Waals surface area contributed by atoms with Crippen LogP contribution < -0.4 is 5.73 Å². The van der Waals surface area contributed by atoms with Crippen molar-refractivity contribution in [1.29, 1.82) is 0 Å². The van der Waals surface area contributed by atoms with Crippen LogP contribution in [0.2, 0.25) is 0 Å². The van der Waals surface area contributed by atoms with Crippen molar-refractivity contribution in [1.82, 2.24) is 14.5 Å². The van der Waals surface area contributed by atoms with Crippen LogP contribution >= 0.6 is 11.5 Å². The molecule has 2 aromatic heterocycles. The summed E-state index contributed by atoms with van der Waals surface area (Å²) >= 11 is 1.25. The van der Waals surface area contributed by atoms with Gasteiger partial charge in [0.05, 0.1) is 11.3 Å². The van der Waals surface area contributed by atoms with Crippen molar-refractivity contribution in [2.24, 2.45) is 0 Å². The molecule has 2 aromatic rings. The van der Waals surface area contributed by atoms with Crippen LogP contribution in [0.1, 0.15) is 50.0 Å². The van der Waals surface area contributed by atoms with Crippen LogP contribution in [-0.4, -0.2) is 21.6 Å². The molecule has 0 saturated heterocycles. The fraction of sp³-hybridized carbons (Fsp3) is 0.643. The van der Waals surface area contributed by atoms with Crippen molar-refractivity contribution < 1.29 is 9.26 Å². The Bertz CT molecular complexity index is 595. The average molecular weight is 308 g/mol. The Labute approximate surface area is 127 Å². The number of nitrogens with two attached hydrogens (primary N) is 1. The molecule has 1 fully saturated rings. The molecule has 0 amide bonds. The topological polar surface area (TPSA) is 87.1 Å². The number of rotatable bonds is 3. The molecule has 0 aliphatic heterocycles. The molecule has 1 aliphatic carbocycles. The second-order valence-corrected chi connectivity index (χ2v) is 6.35. The van der Waals surface area contributed by atoms with E-state index in [4.69, 9.17) is 15.0 Å². The maximum absolute atomic E-state index is 5.95. The van der Waals surface area contributed by atoms with E-state index in [-0.39, 0.29) is 0 Å². The number of methoxy groups -OCH3 is 1. The summed E-state index contributed by atoms with van der Waals surface area (Å²) in [6.07, 6.45) is 6.57. The normalized spacial score (nSPS) is 18.6. The number of anilines is 1. The van der Waals surface area contributed by atoms with Crippen LogP contribution in [0.4, 0.5) is 5.00 Å². The summed E-state index contributed by atoms with van der Waals surface area (Å²) in [5.41, 5.74) is 7.09. The van der Waals surface area contributed by atoms with Gasteiger partial charge in [0.1, 0.15) is 10.6 Å². The number of aromatic nitrogens is 3. The monoisotopic (exact) mass is 308 g/mol. The Morgan fingerprint density at radius 3 is 2.52 bits per heavy atom. The number of ether oxygens (including phenoxy) is 1. The number of nitrogens with zero attached hydrogens (tertiary/aromatic N) is 3. The highest BCUT2D eigenvalue weighted by Crippen LogP contribution is 2.39. The zero-order valence-corrected chi connectivity index (χ0v) is 13.2. The third-order valence-corrected chi connectivity index (χ3v) is 5.00. The van der Waals surface area contributed by atoms with E-state index in [1.807, 2.05) is 6.92 Å². The minimum Gasteiger partial charge on any atom is -0.389 e. The van der Waals surface area contributed by atoms with E-state index in [2.05, 4.69) is 14.5 Å². The van der Waals surface area contributed by atoms with Crippen molar-refractivity contribution in [2.75, 3.05) is 12.8 Å². The second kappa shape index (κ2) is 5.73. The highest BCUT2D eigenvalue weighted by atomic mass is 32.1. The molecule has 0 radical (unpaired) electrons. The van der Waals surface area contributed by atoms with E-state index in [0.29, 0.717) is 16.7 Å². The van der Waals surface area contributed by atoms with Gasteiger partial charge in [-0.2, -0.15) is 9.36 Å². The zero-order chi connectivity index (χ0) is 14.9. The summed E-state index contributed by atoms with van der Waals surface area (Å²) in [5, 5.41) is 4.78. The molecule has 3 rings (SSSR count). The average Bonchev–Trinajstić information content (AvgIpc) is 2.99. The minimum atomic E-state index is -0.426. The first-order valence-electron chi connectivity index (χ1n) is 7.28. The van der Waals surface area contributed by atoms with E-state index < -0.39 is 5.60 Å². The lowest BCUT2D eigenvalue weighted by Crippen LogP contribution is -2.29. The van der Waals surface area contributed by atoms with Crippen LogP contribution in [-0.2, 0) is 10.3 Å². The summed E-state index contributed by atoms with van der Waals surface area (Å²) in [5.74, 6) is 1.07. The van der Waals surface area contributed by atoms with Gasteiger partial charge in [-0.3, -0.25) is 0 Å². The highest BCUT2D eigenvalue weighted by molar-refractivity contribution is 7.10. The lowest BCUT2D eigenvalue weighted by Gasteiger charge is -2.27. The van der Waals surface area contributed by atoms with Crippen molar-refractivity contribution in [3.05, 3.63) is 11.5 Å². The fourth-order valence-corrected chi connectivity index (χ4v) is 3.63. The number of nitrogen functional groups attached to an aromatic ring is 1. The summed E-state index contributed by atoms with van der Waals surface area (Å²) in [7, 11) is 1.73. The first kappa shape index (κ1) is 14.5. The van der Waals surface area contributed by atoms with Crippen LogP contribution in [0, 0.1) is 6.92 Å². The van der Waals surface area contributed by atoms with E-state index >= 15 is 0 Å². The van der Waals surface area contributed by atoms with Gasteiger partial charge in [0.2, 0.25) is 5.82 Å². The Kier molecular flexibility index (Phi) is 3.95. The van der Waals surface area contributed by atoms with E-state index in [0.717, 1.165) is 36.9 Å².